The molecule has 1 aromatic carbocycles. The van der Waals surface area contributed by atoms with Gasteiger partial charge in [0.05, 0.1) is 6.20 Å². The normalized spacial score (nSPS) is 19.1. The predicted molar refractivity (Wildman–Crippen MR) is 99.5 cm³/mol. The summed E-state index contributed by atoms with van der Waals surface area (Å²) in [6, 6.07) is 11.2. The quantitative estimate of drug-likeness (QED) is 0.878. The van der Waals surface area contributed by atoms with E-state index >= 15 is 0 Å². The van der Waals surface area contributed by atoms with Crippen molar-refractivity contribution in [2.24, 2.45) is 0 Å². The fourth-order valence-corrected chi connectivity index (χ4v) is 3.69. The van der Waals surface area contributed by atoms with Crippen molar-refractivity contribution in [2.45, 2.75) is 45.7 Å². The van der Waals surface area contributed by atoms with Crippen molar-refractivity contribution >= 4 is 5.91 Å². The molecule has 25 heavy (non-hydrogen) atoms. The van der Waals surface area contributed by atoms with Crippen LogP contribution in [0.4, 0.5) is 0 Å². The van der Waals surface area contributed by atoms with Gasteiger partial charge in [-0.3, -0.25) is 9.69 Å². The van der Waals surface area contributed by atoms with Gasteiger partial charge in [-0.05, 0) is 25.8 Å². The lowest BCUT2D eigenvalue weighted by Crippen LogP contribution is -2.42. The number of hydrogen-bond acceptors (Lipinski definition) is 3. The van der Waals surface area contributed by atoms with Crippen LogP contribution in [-0.2, 0) is 6.42 Å². The lowest BCUT2D eigenvalue weighted by atomic mass is 10.1. The zero-order valence-electron chi connectivity index (χ0n) is 15.4. The number of amides is 1. The van der Waals surface area contributed by atoms with Gasteiger partial charge in [-0.2, -0.15) is 0 Å². The molecule has 1 aromatic heterocycles. The van der Waals surface area contributed by atoms with Crippen molar-refractivity contribution in [3.63, 3.8) is 0 Å². The fourth-order valence-electron chi connectivity index (χ4n) is 3.69. The molecule has 1 aliphatic heterocycles. The maximum absolute atomic E-state index is 12.9. The van der Waals surface area contributed by atoms with Gasteiger partial charge in [-0.25, -0.2) is 4.98 Å². The van der Waals surface area contributed by atoms with Gasteiger partial charge in [0.2, 0.25) is 0 Å². The Morgan fingerprint density at radius 2 is 2.12 bits per heavy atom. The number of hydrogen-bond donors (Lipinski definition) is 1. The third-order valence-corrected chi connectivity index (χ3v) is 5.26. The molecule has 1 N–H and O–H groups in total. The van der Waals surface area contributed by atoms with Gasteiger partial charge in [0.25, 0.3) is 5.91 Å². The van der Waals surface area contributed by atoms with Gasteiger partial charge in [-0.1, -0.05) is 37.3 Å². The number of aromatic nitrogens is 2. The van der Waals surface area contributed by atoms with Crippen LogP contribution in [0.2, 0.25) is 0 Å². The van der Waals surface area contributed by atoms with E-state index < -0.39 is 0 Å². The molecule has 1 aliphatic rings. The topological polar surface area (TPSA) is 52.2 Å². The Morgan fingerprint density at radius 1 is 1.36 bits per heavy atom. The maximum atomic E-state index is 12.9. The number of rotatable bonds is 6. The number of nitrogens with zero attached hydrogens (tertiary/aromatic N) is 3. The van der Waals surface area contributed by atoms with E-state index in [0.29, 0.717) is 11.7 Å². The zero-order valence-corrected chi connectivity index (χ0v) is 15.4. The number of carbonyl (C=O) groups is 1. The molecule has 1 amide bonds. The maximum Gasteiger partial charge on any atom is 0.272 e. The zero-order chi connectivity index (χ0) is 17.8. The number of imidazole rings is 1. The Kier molecular flexibility index (Phi) is 5.53. The molecule has 3 rings (SSSR count). The molecule has 1 fully saturated rings. The standard InChI is InChI=1S/C20H28N4O/c1-4-19-21-13-18(22-19)20(25)24(5-2)17-11-12-23(14-17)15(3)16-9-7-6-8-10-16/h6-10,13,15,17H,4-5,11-12,14H2,1-3H3,(H,21,22). The number of benzene rings is 1. The van der Waals surface area contributed by atoms with E-state index in [2.05, 4.69) is 59.0 Å². The third kappa shape index (κ3) is 3.76. The average Bonchev–Trinajstić information content (AvgIpc) is 3.32. The molecule has 2 unspecified atom stereocenters. The Bertz CT molecular complexity index is 697. The minimum Gasteiger partial charge on any atom is -0.338 e. The first-order valence-electron chi connectivity index (χ1n) is 9.27. The van der Waals surface area contributed by atoms with Crippen LogP contribution in [-0.4, -0.2) is 51.4 Å². The largest absolute Gasteiger partial charge is 0.338 e. The molecular formula is C20H28N4O. The summed E-state index contributed by atoms with van der Waals surface area (Å²) in [6.07, 6.45) is 3.50. The summed E-state index contributed by atoms with van der Waals surface area (Å²) in [4.78, 5) is 24.8. The number of H-pyrrole nitrogens is 1. The van der Waals surface area contributed by atoms with Crippen LogP contribution in [0.15, 0.2) is 36.5 Å². The summed E-state index contributed by atoms with van der Waals surface area (Å²) in [5.41, 5.74) is 1.94. The molecule has 0 saturated carbocycles. The molecule has 0 radical (unpaired) electrons. The average molecular weight is 340 g/mol. The molecule has 2 aromatic rings. The molecule has 1 saturated heterocycles. The van der Waals surface area contributed by atoms with Gasteiger partial charge in [-0.15, -0.1) is 0 Å². The van der Waals surface area contributed by atoms with Crippen LogP contribution < -0.4 is 0 Å². The molecule has 5 nitrogen and oxygen atoms in total. The second-order valence-electron chi connectivity index (χ2n) is 6.71. The first-order valence-corrected chi connectivity index (χ1v) is 9.27. The van der Waals surface area contributed by atoms with Crippen molar-refractivity contribution < 1.29 is 4.79 Å². The van der Waals surface area contributed by atoms with Gasteiger partial charge in [0.15, 0.2) is 0 Å². The van der Waals surface area contributed by atoms with Crippen LogP contribution in [0.3, 0.4) is 0 Å². The minimum atomic E-state index is 0.0638. The van der Waals surface area contributed by atoms with E-state index in [1.807, 2.05) is 11.8 Å². The molecule has 2 heterocycles. The van der Waals surface area contributed by atoms with Crippen LogP contribution in [0.25, 0.3) is 0 Å². The highest BCUT2D eigenvalue weighted by Gasteiger charge is 2.33. The smallest absolute Gasteiger partial charge is 0.272 e. The second kappa shape index (κ2) is 7.83. The predicted octanol–water partition coefficient (Wildman–Crippen LogP) is 3.27. The summed E-state index contributed by atoms with van der Waals surface area (Å²) in [5.74, 6) is 0.930. The van der Waals surface area contributed by atoms with E-state index in [1.54, 1.807) is 6.20 Å². The van der Waals surface area contributed by atoms with Crippen molar-refractivity contribution in [2.75, 3.05) is 19.6 Å². The molecular weight excluding hydrogens is 312 g/mol. The third-order valence-electron chi connectivity index (χ3n) is 5.26. The highest BCUT2D eigenvalue weighted by molar-refractivity contribution is 5.92. The Labute approximate surface area is 150 Å². The molecule has 0 aliphatic carbocycles. The van der Waals surface area contributed by atoms with Crippen LogP contribution >= 0.6 is 0 Å². The second-order valence-corrected chi connectivity index (χ2v) is 6.71. The number of aromatic amines is 1. The Balaban J connectivity index is 1.67. The first kappa shape index (κ1) is 17.7. The van der Waals surface area contributed by atoms with Crippen molar-refractivity contribution in [3.05, 3.63) is 53.6 Å². The number of likely N-dealkylation sites (N-methyl/N-ethyl adjacent to an activating group) is 1. The van der Waals surface area contributed by atoms with E-state index in [-0.39, 0.29) is 11.9 Å². The molecule has 2 atom stereocenters. The highest BCUT2D eigenvalue weighted by Crippen LogP contribution is 2.27. The molecule has 134 valence electrons. The number of carbonyl (C=O) groups excluding carboxylic acids is 1. The number of likely N-dealkylation sites (tertiary alicyclic amines) is 1. The molecule has 0 spiro atoms. The van der Waals surface area contributed by atoms with Crippen molar-refractivity contribution in [1.82, 2.24) is 19.8 Å². The molecule has 0 bridgehead atoms. The monoisotopic (exact) mass is 340 g/mol. The summed E-state index contributed by atoms with van der Waals surface area (Å²) < 4.78 is 0. The first-order chi connectivity index (χ1) is 12.1. The lowest BCUT2D eigenvalue weighted by molar-refractivity contribution is 0.0683. The summed E-state index contributed by atoms with van der Waals surface area (Å²) in [7, 11) is 0. The van der Waals surface area contributed by atoms with Gasteiger partial charge in [0, 0.05) is 38.1 Å². The number of aryl methyl sites for hydroxylation is 1. The Morgan fingerprint density at radius 3 is 2.76 bits per heavy atom. The van der Waals surface area contributed by atoms with Crippen LogP contribution in [0, 0.1) is 0 Å². The fraction of sp³-hybridized carbons (Fsp3) is 0.500. The minimum absolute atomic E-state index is 0.0638. The van der Waals surface area contributed by atoms with Gasteiger partial charge in [0.1, 0.15) is 11.5 Å². The van der Waals surface area contributed by atoms with Crippen molar-refractivity contribution in [1.29, 1.82) is 0 Å². The summed E-state index contributed by atoms with van der Waals surface area (Å²) in [5, 5.41) is 0. The van der Waals surface area contributed by atoms with Crippen LogP contribution in [0.5, 0.6) is 0 Å². The highest BCUT2D eigenvalue weighted by atomic mass is 16.2. The van der Waals surface area contributed by atoms with Crippen LogP contribution in [0.1, 0.15) is 55.1 Å². The van der Waals surface area contributed by atoms with E-state index in [9.17, 15) is 4.79 Å². The SMILES string of the molecule is CCc1ncc(C(=O)N(CC)C2CCN(C(C)c3ccccc3)C2)[nH]1. The van der Waals surface area contributed by atoms with E-state index in [1.165, 1.54) is 5.56 Å². The lowest BCUT2D eigenvalue weighted by Gasteiger charge is -2.29. The van der Waals surface area contributed by atoms with E-state index in [4.69, 9.17) is 0 Å². The van der Waals surface area contributed by atoms with Crippen molar-refractivity contribution in [3.8, 4) is 0 Å². The van der Waals surface area contributed by atoms with Gasteiger partial charge < -0.3 is 9.88 Å². The summed E-state index contributed by atoms with van der Waals surface area (Å²) >= 11 is 0. The summed E-state index contributed by atoms with van der Waals surface area (Å²) in [6.45, 7) is 9.00. The Hall–Kier alpha value is -2.14. The number of nitrogens with one attached hydrogen (secondary N) is 1. The van der Waals surface area contributed by atoms with E-state index in [0.717, 1.165) is 38.3 Å². The van der Waals surface area contributed by atoms with Gasteiger partial charge >= 0.3 is 0 Å². The molecule has 5 heteroatoms.